The number of nitrogens with one attached hydrogen (secondary N) is 1. The van der Waals surface area contributed by atoms with Gasteiger partial charge in [-0.15, -0.1) is 9.79 Å². The second kappa shape index (κ2) is 7.69. The molecule has 1 aromatic rings. The van der Waals surface area contributed by atoms with Crippen LogP contribution in [0.3, 0.4) is 0 Å². The SMILES string of the molecule is CC(N)C(N=[N+]=[N-])c1ncn[nH]1.O=[P+](O)O. The van der Waals surface area contributed by atoms with Gasteiger partial charge in [0.15, 0.2) is 0 Å². The number of H-pyrrole nitrogens is 1. The van der Waals surface area contributed by atoms with Gasteiger partial charge in [-0.2, -0.15) is 5.10 Å². The number of nitrogens with zero attached hydrogens (tertiary/aromatic N) is 5. The van der Waals surface area contributed by atoms with E-state index in [0.29, 0.717) is 5.82 Å². The summed E-state index contributed by atoms with van der Waals surface area (Å²) in [7, 11) is -2.87. The van der Waals surface area contributed by atoms with E-state index in [0.717, 1.165) is 0 Å². The molecule has 0 aliphatic rings. The Morgan fingerprint density at radius 3 is 2.62 bits per heavy atom. The third-order valence-corrected chi connectivity index (χ3v) is 1.39. The fraction of sp³-hybridized carbons (Fsp3) is 0.600. The van der Waals surface area contributed by atoms with Crippen molar-refractivity contribution in [3.63, 3.8) is 0 Å². The zero-order valence-electron chi connectivity index (χ0n) is 8.30. The van der Waals surface area contributed by atoms with Crippen LogP contribution in [0.2, 0.25) is 0 Å². The summed E-state index contributed by atoms with van der Waals surface area (Å²) >= 11 is 0. The minimum absolute atomic E-state index is 0.283. The fourth-order valence-electron chi connectivity index (χ4n) is 0.822. The largest absolute Gasteiger partial charge is 0.692 e. The molecular weight excluding hydrogens is 237 g/mol. The van der Waals surface area contributed by atoms with Crippen LogP contribution in [0.5, 0.6) is 0 Å². The zero-order chi connectivity index (χ0) is 12.6. The minimum atomic E-state index is -2.87. The molecule has 5 N–H and O–H groups in total. The molecule has 0 saturated carbocycles. The van der Waals surface area contributed by atoms with Crippen LogP contribution in [0.4, 0.5) is 0 Å². The molecule has 0 saturated heterocycles. The minimum Gasteiger partial charge on any atom is -0.327 e. The van der Waals surface area contributed by atoms with Crippen LogP contribution in [0.1, 0.15) is 18.8 Å². The van der Waals surface area contributed by atoms with E-state index in [1.165, 1.54) is 6.33 Å². The molecular formula is C5H11N7O3P+. The molecule has 2 atom stereocenters. The van der Waals surface area contributed by atoms with Crippen LogP contribution < -0.4 is 5.73 Å². The van der Waals surface area contributed by atoms with Crippen molar-refractivity contribution >= 4 is 8.25 Å². The first kappa shape index (κ1) is 14.4. The van der Waals surface area contributed by atoms with Crippen molar-refractivity contribution in [2.75, 3.05) is 0 Å². The molecule has 10 nitrogen and oxygen atoms in total. The Morgan fingerprint density at radius 1 is 1.75 bits per heavy atom. The summed E-state index contributed by atoms with van der Waals surface area (Å²) in [5, 5.41) is 9.72. The highest BCUT2D eigenvalue weighted by atomic mass is 31.1. The van der Waals surface area contributed by atoms with E-state index in [-0.39, 0.29) is 6.04 Å². The highest BCUT2D eigenvalue weighted by Gasteiger charge is 2.16. The molecule has 88 valence electrons. The Hall–Kier alpha value is -1.57. The third kappa shape index (κ3) is 6.02. The number of hydrogen-bond acceptors (Lipinski definition) is 5. The monoisotopic (exact) mass is 248 g/mol. The predicted molar refractivity (Wildman–Crippen MR) is 54.0 cm³/mol. The number of azide groups is 1. The molecule has 0 aliphatic carbocycles. The second-order valence-electron chi connectivity index (χ2n) is 2.63. The van der Waals surface area contributed by atoms with Gasteiger partial charge >= 0.3 is 8.25 Å². The average Bonchev–Trinajstić information content (AvgIpc) is 2.65. The Bertz CT molecular complexity index is 356. The highest BCUT2D eigenvalue weighted by Crippen LogP contribution is 2.14. The van der Waals surface area contributed by atoms with Gasteiger partial charge in [0.2, 0.25) is 0 Å². The van der Waals surface area contributed by atoms with Gasteiger partial charge in [0, 0.05) is 15.5 Å². The first-order chi connectivity index (χ1) is 7.49. The van der Waals surface area contributed by atoms with Gasteiger partial charge < -0.3 is 5.73 Å². The molecule has 11 heteroatoms. The Balaban J connectivity index is 0.000000487. The van der Waals surface area contributed by atoms with E-state index in [1.54, 1.807) is 6.92 Å². The van der Waals surface area contributed by atoms with E-state index in [9.17, 15) is 0 Å². The first-order valence-corrected chi connectivity index (χ1v) is 5.15. The number of aromatic amines is 1. The fourth-order valence-corrected chi connectivity index (χ4v) is 0.822. The Labute approximate surface area is 91.1 Å². The molecule has 0 aliphatic heterocycles. The summed E-state index contributed by atoms with van der Waals surface area (Å²) in [6, 6.07) is -0.758. The lowest BCUT2D eigenvalue weighted by molar-refractivity contribution is 0.405. The summed E-state index contributed by atoms with van der Waals surface area (Å²) in [5.41, 5.74) is 13.8. The van der Waals surface area contributed by atoms with E-state index in [1.807, 2.05) is 0 Å². The van der Waals surface area contributed by atoms with Crippen LogP contribution in [-0.2, 0) is 4.57 Å². The van der Waals surface area contributed by atoms with Gasteiger partial charge in [-0.05, 0) is 12.5 Å². The third-order valence-electron chi connectivity index (χ3n) is 1.39. The van der Waals surface area contributed by atoms with E-state index >= 15 is 0 Å². The van der Waals surface area contributed by atoms with E-state index < -0.39 is 14.3 Å². The van der Waals surface area contributed by atoms with Gasteiger partial charge in [-0.1, -0.05) is 5.11 Å². The maximum Gasteiger partial charge on any atom is 0.692 e. The summed E-state index contributed by atoms with van der Waals surface area (Å²) in [6.45, 7) is 1.74. The van der Waals surface area contributed by atoms with Crippen molar-refractivity contribution in [1.82, 2.24) is 15.2 Å². The lowest BCUT2D eigenvalue weighted by atomic mass is 10.1. The normalized spacial score (nSPS) is 12.8. The van der Waals surface area contributed by atoms with Gasteiger partial charge in [-0.3, -0.25) is 5.10 Å². The van der Waals surface area contributed by atoms with Gasteiger partial charge in [0.05, 0.1) is 0 Å². The number of nitrogens with two attached hydrogens (primary N) is 1. The van der Waals surface area contributed by atoms with Crippen LogP contribution in [0.15, 0.2) is 11.4 Å². The maximum absolute atomic E-state index is 8.70. The molecule has 0 bridgehead atoms. The summed E-state index contributed by atoms with van der Waals surface area (Å²) in [4.78, 5) is 20.8. The van der Waals surface area contributed by atoms with Crippen molar-refractivity contribution < 1.29 is 14.4 Å². The second-order valence-corrected chi connectivity index (χ2v) is 3.14. The summed E-state index contributed by atoms with van der Waals surface area (Å²) in [6.07, 6.45) is 1.34. The zero-order valence-corrected chi connectivity index (χ0v) is 9.19. The van der Waals surface area contributed by atoms with E-state index in [4.69, 9.17) is 25.6 Å². The molecule has 0 fully saturated rings. The summed E-state index contributed by atoms with van der Waals surface area (Å²) in [5.74, 6) is 0.489. The van der Waals surface area contributed by atoms with Crippen molar-refractivity contribution in [1.29, 1.82) is 0 Å². The molecule has 2 unspecified atom stereocenters. The lowest BCUT2D eigenvalue weighted by Gasteiger charge is -2.10. The molecule has 0 radical (unpaired) electrons. The summed E-state index contributed by atoms with van der Waals surface area (Å²) < 4.78 is 8.70. The topological polar surface area (TPSA) is 174 Å². The molecule has 0 aromatic carbocycles. The van der Waals surface area contributed by atoms with Crippen molar-refractivity contribution in [2.45, 2.75) is 19.0 Å². The Kier molecular flexibility index (Phi) is 6.93. The maximum atomic E-state index is 8.70. The van der Waals surface area contributed by atoms with Gasteiger partial charge in [0.25, 0.3) is 0 Å². The lowest BCUT2D eigenvalue weighted by Crippen LogP contribution is -2.23. The first-order valence-electron chi connectivity index (χ1n) is 3.99. The van der Waals surface area contributed by atoms with Crippen molar-refractivity contribution in [3.8, 4) is 0 Å². The number of rotatable bonds is 3. The molecule has 1 heterocycles. The van der Waals surface area contributed by atoms with E-state index in [2.05, 4.69) is 25.2 Å². The van der Waals surface area contributed by atoms with Crippen molar-refractivity contribution in [3.05, 3.63) is 22.6 Å². The number of aromatic nitrogens is 3. The van der Waals surface area contributed by atoms with Crippen LogP contribution in [-0.4, -0.2) is 31.0 Å². The number of hydrogen-bond donors (Lipinski definition) is 4. The van der Waals surface area contributed by atoms with Gasteiger partial charge in [0.1, 0.15) is 18.2 Å². The molecule has 0 amide bonds. The molecule has 0 spiro atoms. The molecule has 1 rings (SSSR count). The van der Waals surface area contributed by atoms with Crippen LogP contribution in [0.25, 0.3) is 10.4 Å². The molecule has 1 aromatic heterocycles. The highest BCUT2D eigenvalue weighted by molar-refractivity contribution is 7.30. The molecule has 16 heavy (non-hydrogen) atoms. The predicted octanol–water partition coefficient (Wildman–Crippen LogP) is 0.132. The average molecular weight is 248 g/mol. The van der Waals surface area contributed by atoms with Crippen LogP contribution in [0, 0.1) is 0 Å². The Morgan fingerprint density at radius 2 is 2.31 bits per heavy atom. The quantitative estimate of drug-likeness (QED) is 0.256. The van der Waals surface area contributed by atoms with Crippen molar-refractivity contribution in [2.24, 2.45) is 10.8 Å². The standard InChI is InChI=1S/C5H9N7.HO3P/c1-3(6)4(10-12-7)5-8-2-9-11-5;1-4(2)3/h2-4H,6H2,1H3,(H,8,9,11);(H-,1,2,3)/p+1. The van der Waals surface area contributed by atoms with Crippen LogP contribution >= 0.6 is 8.25 Å². The van der Waals surface area contributed by atoms with Gasteiger partial charge in [-0.25, -0.2) is 4.98 Å². The smallest absolute Gasteiger partial charge is 0.327 e.